The van der Waals surface area contributed by atoms with Crippen LogP contribution in [0.2, 0.25) is 0 Å². The van der Waals surface area contributed by atoms with Crippen LogP contribution in [0.15, 0.2) is 24.3 Å². The van der Waals surface area contributed by atoms with Crippen molar-refractivity contribution in [1.29, 1.82) is 0 Å². The molecule has 0 fully saturated rings. The highest BCUT2D eigenvalue weighted by molar-refractivity contribution is 5.87. The Kier molecular flexibility index (Phi) is 5.31. The molecule has 0 heterocycles. The molecule has 2 atom stereocenters. The number of benzene rings is 1. The average molecular weight is 277 g/mol. The SMILES string of the molecule is CCC(C)(NC(=O)C(C)Cc1ccc(C)cc1)C(=O)O. The highest BCUT2D eigenvalue weighted by Gasteiger charge is 2.33. The molecule has 2 N–H and O–H groups in total. The molecule has 0 saturated carbocycles. The Morgan fingerprint density at radius 2 is 1.85 bits per heavy atom. The van der Waals surface area contributed by atoms with Gasteiger partial charge in [-0.25, -0.2) is 4.79 Å². The van der Waals surface area contributed by atoms with Crippen LogP contribution in [-0.2, 0) is 16.0 Å². The van der Waals surface area contributed by atoms with Crippen molar-refractivity contribution in [3.8, 4) is 0 Å². The number of aryl methyl sites for hydroxylation is 1. The molecule has 1 amide bonds. The maximum Gasteiger partial charge on any atom is 0.329 e. The minimum Gasteiger partial charge on any atom is -0.480 e. The maximum absolute atomic E-state index is 12.1. The summed E-state index contributed by atoms with van der Waals surface area (Å²) in [4.78, 5) is 23.3. The third-order valence-electron chi connectivity index (χ3n) is 3.69. The summed E-state index contributed by atoms with van der Waals surface area (Å²) in [7, 11) is 0. The quantitative estimate of drug-likeness (QED) is 0.839. The van der Waals surface area contributed by atoms with Gasteiger partial charge in [0, 0.05) is 5.92 Å². The Labute approximate surface area is 120 Å². The third-order valence-corrected chi connectivity index (χ3v) is 3.69. The summed E-state index contributed by atoms with van der Waals surface area (Å²) >= 11 is 0. The maximum atomic E-state index is 12.1. The van der Waals surface area contributed by atoms with E-state index in [2.05, 4.69) is 5.32 Å². The van der Waals surface area contributed by atoms with Gasteiger partial charge in [-0.05, 0) is 32.3 Å². The average Bonchev–Trinajstić information content (AvgIpc) is 2.40. The Hall–Kier alpha value is -1.84. The summed E-state index contributed by atoms with van der Waals surface area (Å²) in [6.45, 7) is 7.11. The molecule has 0 aromatic heterocycles. The van der Waals surface area contributed by atoms with Crippen molar-refractivity contribution < 1.29 is 14.7 Å². The van der Waals surface area contributed by atoms with Gasteiger partial charge in [0.15, 0.2) is 0 Å². The fourth-order valence-corrected chi connectivity index (χ4v) is 1.86. The Morgan fingerprint density at radius 1 is 1.30 bits per heavy atom. The number of carbonyl (C=O) groups is 2. The van der Waals surface area contributed by atoms with Crippen LogP contribution in [-0.4, -0.2) is 22.5 Å². The van der Waals surface area contributed by atoms with Crippen molar-refractivity contribution in [2.24, 2.45) is 5.92 Å². The molecule has 2 unspecified atom stereocenters. The van der Waals surface area contributed by atoms with Gasteiger partial charge >= 0.3 is 5.97 Å². The van der Waals surface area contributed by atoms with Crippen LogP contribution in [0.5, 0.6) is 0 Å². The van der Waals surface area contributed by atoms with E-state index < -0.39 is 11.5 Å². The number of rotatable bonds is 6. The Morgan fingerprint density at radius 3 is 2.30 bits per heavy atom. The second-order valence-corrected chi connectivity index (χ2v) is 5.57. The standard InChI is InChI=1S/C16H23NO3/c1-5-16(4,15(19)20)17-14(18)12(3)10-13-8-6-11(2)7-9-13/h6-9,12H,5,10H2,1-4H3,(H,17,18)(H,19,20). The molecular weight excluding hydrogens is 254 g/mol. The fraction of sp³-hybridized carbons (Fsp3) is 0.500. The van der Waals surface area contributed by atoms with Gasteiger partial charge in [-0.1, -0.05) is 43.7 Å². The van der Waals surface area contributed by atoms with E-state index in [0.29, 0.717) is 12.8 Å². The lowest BCUT2D eigenvalue weighted by atomic mass is 9.95. The van der Waals surface area contributed by atoms with E-state index in [-0.39, 0.29) is 11.8 Å². The van der Waals surface area contributed by atoms with Crippen molar-refractivity contribution >= 4 is 11.9 Å². The van der Waals surface area contributed by atoms with E-state index >= 15 is 0 Å². The summed E-state index contributed by atoms with van der Waals surface area (Å²) in [5, 5.41) is 11.8. The zero-order valence-corrected chi connectivity index (χ0v) is 12.6. The third kappa shape index (κ3) is 4.08. The van der Waals surface area contributed by atoms with Crippen LogP contribution in [0.25, 0.3) is 0 Å². The zero-order valence-electron chi connectivity index (χ0n) is 12.6. The van der Waals surface area contributed by atoms with Gasteiger partial charge in [0.25, 0.3) is 0 Å². The van der Waals surface area contributed by atoms with Crippen LogP contribution in [0.1, 0.15) is 38.3 Å². The zero-order chi connectivity index (χ0) is 15.3. The van der Waals surface area contributed by atoms with Crippen LogP contribution in [0.3, 0.4) is 0 Å². The van der Waals surface area contributed by atoms with Gasteiger partial charge in [-0.3, -0.25) is 4.79 Å². The molecule has 20 heavy (non-hydrogen) atoms. The predicted molar refractivity (Wildman–Crippen MR) is 78.5 cm³/mol. The fourth-order valence-electron chi connectivity index (χ4n) is 1.86. The number of amides is 1. The van der Waals surface area contributed by atoms with Gasteiger partial charge in [0.2, 0.25) is 5.91 Å². The van der Waals surface area contributed by atoms with Crippen molar-refractivity contribution in [3.05, 3.63) is 35.4 Å². The lowest BCUT2D eigenvalue weighted by molar-refractivity contribution is -0.147. The number of hydrogen-bond acceptors (Lipinski definition) is 2. The minimum atomic E-state index is -1.20. The van der Waals surface area contributed by atoms with Crippen LogP contribution < -0.4 is 5.32 Å². The van der Waals surface area contributed by atoms with Crippen molar-refractivity contribution in [3.63, 3.8) is 0 Å². The van der Waals surface area contributed by atoms with Gasteiger partial charge in [0.1, 0.15) is 5.54 Å². The molecule has 0 spiro atoms. The van der Waals surface area contributed by atoms with E-state index in [4.69, 9.17) is 5.11 Å². The topological polar surface area (TPSA) is 66.4 Å². The first kappa shape index (κ1) is 16.2. The molecule has 0 aliphatic heterocycles. The van der Waals surface area contributed by atoms with Gasteiger partial charge in [-0.2, -0.15) is 0 Å². The summed E-state index contributed by atoms with van der Waals surface area (Å²) in [6, 6.07) is 8.01. The minimum absolute atomic E-state index is 0.225. The molecule has 110 valence electrons. The second-order valence-electron chi connectivity index (χ2n) is 5.57. The molecule has 4 nitrogen and oxygen atoms in total. The normalized spacial score (nSPS) is 15.2. The van der Waals surface area contributed by atoms with Crippen molar-refractivity contribution in [2.75, 3.05) is 0 Å². The smallest absolute Gasteiger partial charge is 0.329 e. The van der Waals surface area contributed by atoms with Gasteiger partial charge in [-0.15, -0.1) is 0 Å². The highest BCUT2D eigenvalue weighted by atomic mass is 16.4. The molecule has 4 heteroatoms. The summed E-state index contributed by atoms with van der Waals surface area (Å²) in [5.41, 5.74) is 1.06. The number of carbonyl (C=O) groups excluding carboxylic acids is 1. The largest absolute Gasteiger partial charge is 0.480 e. The molecule has 0 radical (unpaired) electrons. The van der Waals surface area contributed by atoms with Crippen molar-refractivity contribution in [1.82, 2.24) is 5.32 Å². The van der Waals surface area contributed by atoms with Crippen LogP contribution in [0, 0.1) is 12.8 Å². The molecule has 1 aromatic carbocycles. The van der Waals surface area contributed by atoms with Crippen LogP contribution >= 0.6 is 0 Å². The summed E-state index contributed by atoms with van der Waals surface area (Å²) < 4.78 is 0. The number of carboxylic acid groups (broad SMARTS) is 1. The molecule has 1 rings (SSSR count). The molecule has 0 aliphatic rings. The van der Waals surface area contributed by atoms with Crippen molar-refractivity contribution in [2.45, 2.75) is 46.1 Å². The van der Waals surface area contributed by atoms with E-state index in [1.807, 2.05) is 38.1 Å². The Bertz CT molecular complexity index is 481. The predicted octanol–water partition coefficient (Wildman–Crippen LogP) is 2.54. The van der Waals surface area contributed by atoms with E-state index in [1.165, 1.54) is 12.5 Å². The van der Waals surface area contributed by atoms with Crippen LogP contribution in [0.4, 0.5) is 0 Å². The van der Waals surface area contributed by atoms with E-state index in [0.717, 1.165) is 5.56 Å². The van der Waals surface area contributed by atoms with E-state index in [9.17, 15) is 9.59 Å². The monoisotopic (exact) mass is 277 g/mol. The molecule has 1 aromatic rings. The summed E-state index contributed by atoms with van der Waals surface area (Å²) in [5.74, 6) is -1.49. The first-order valence-corrected chi connectivity index (χ1v) is 6.89. The first-order valence-electron chi connectivity index (χ1n) is 6.89. The molecule has 0 aliphatic carbocycles. The number of carboxylic acids is 1. The molecular formula is C16H23NO3. The highest BCUT2D eigenvalue weighted by Crippen LogP contribution is 2.14. The molecule has 0 saturated heterocycles. The lowest BCUT2D eigenvalue weighted by Crippen LogP contribution is -2.53. The van der Waals surface area contributed by atoms with Gasteiger partial charge in [0.05, 0.1) is 0 Å². The first-order chi connectivity index (χ1) is 9.28. The number of nitrogens with one attached hydrogen (secondary N) is 1. The molecule has 0 bridgehead atoms. The Balaban J connectivity index is 2.67. The van der Waals surface area contributed by atoms with E-state index in [1.54, 1.807) is 6.92 Å². The number of hydrogen-bond donors (Lipinski definition) is 2. The van der Waals surface area contributed by atoms with Gasteiger partial charge < -0.3 is 10.4 Å². The second kappa shape index (κ2) is 6.55. The lowest BCUT2D eigenvalue weighted by Gasteiger charge is -2.26. The summed E-state index contributed by atoms with van der Waals surface area (Å²) in [6.07, 6.45) is 0.955. The number of aliphatic carboxylic acids is 1.